The van der Waals surface area contributed by atoms with Crippen LogP contribution >= 0.6 is 23.2 Å². The van der Waals surface area contributed by atoms with Crippen LogP contribution in [0.3, 0.4) is 0 Å². The number of hydrogen-bond donors (Lipinski definition) is 2. The number of nitrogens with zero attached hydrogens (tertiary/aromatic N) is 2. The van der Waals surface area contributed by atoms with Crippen molar-refractivity contribution in [2.45, 2.75) is 51.2 Å². The van der Waals surface area contributed by atoms with Crippen LogP contribution in [-0.4, -0.2) is 45.9 Å². The molecule has 0 aliphatic carbocycles. The Morgan fingerprint density at radius 3 is 2.05 bits per heavy atom. The van der Waals surface area contributed by atoms with Crippen LogP contribution in [0.15, 0.2) is 66.7 Å². The molecule has 38 heavy (non-hydrogen) atoms. The van der Waals surface area contributed by atoms with Gasteiger partial charge in [-0.2, -0.15) is 5.10 Å². The van der Waals surface area contributed by atoms with Crippen LogP contribution in [-0.2, 0) is 4.74 Å². The van der Waals surface area contributed by atoms with Gasteiger partial charge in [0.1, 0.15) is 5.60 Å². The number of benzene rings is 3. The lowest BCUT2D eigenvalue weighted by molar-refractivity contribution is 0.0210. The lowest BCUT2D eigenvalue weighted by atomic mass is 9.85. The molecule has 6 nitrogen and oxygen atoms in total. The van der Waals surface area contributed by atoms with E-state index >= 15 is 0 Å². The third-order valence-corrected chi connectivity index (χ3v) is 7.32. The van der Waals surface area contributed by atoms with Crippen molar-refractivity contribution in [3.8, 4) is 0 Å². The maximum absolute atomic E-state index is 12.4. The van der Waals surface area contributed by atoms with Gasteiger partial charge >= 0.3 is 6.09 Å². The Morgan fingerprint density at radius 2 is 1.50 bits per heavy atom. The predicted octanol–water partition coefficient (Wildman–Crippen LogP) is 7.86. The quantitative estimate of drug-likeness (QED) is 0.248. The zero-order chi connectivity index (χ0) is 26.9. The number of amides is 1. The average molecular weight is 552 g/mol. The molecule has 3 aromatic carbocycles. The average Bonchev–Trinajstić information content (AvgIpc) is 3.28. The van der Waals surface area contributed by atoms with E-state index < -0.39 is 5.60 Å². The van der Waals surface area contributed by atoms with Gasteiger partial charge in [-0.15, -0.1) is 0 Å². The number of nitrogens with one attached hydrogen (secondary N) is 2. The topological polar surface area (TPSA) is 70.2 Å². The summed E-state index contributed by atoms with van der Waals surface area (Å²) in [7, 11) is 0. The van der Waals surface area contributed by atoms with Gasteiger partial charge in [-0.05, 0) is 86.7 Å². The fourth-order valence-corrected chi connectivity index (χ4v) is 5.19. The maximum Gasteiger partial charge on any atom is 0.410 e. The molecule has 0 bridgehead atoms. The zero-order valence-corrected chi connectivity index (χ0v) is 23.3. The molecular formula is C30H32Cl2N4O2. The second-order valence-corrected chi connectivity index (χ2v) is 11.7. The van der Waals surface area contributed by atoms with Crippen molar-refractivity contribution in [1.82, 2.24) is 15.1 Å². The molecule has 1 aromatic heterocycles. The lowest BCUT2D eigenvalue weighted by Crippen LogP contribution is -2.44. The Bertz CT molecular complexity index is 1360. The summed E-state index contributed by atoms with van der Waals surface area (Å²) in [6.07, 6.45) is 1.40. The van der Waals surface area contributed by atoms with Gasteiger partial charge in [-0.25, -0.2) is 4.79 Å². The number of aromatic amines is 1. The first-order chi connectivity index (χ1) is 18.2. The minimum Gasteiger partial charge on any atom is -0.444 e. The number of rotatable bonds is 5. The van der Waals surface area contributed by atoms with E-state index in [1.165, 1.54) is 0 Å². The number of piperidine rings is 1. The van der Waals surface area contributed by atoms with Crippen LogP contribution in [0.4, 0.5) is 10.6 Å². The molecule has 0 spiro atoms. The maximum atomic E-state index is 12.4. The summed E-state index contributed by atoms with van der Waals surface area (Å²) in [4.78, 5) is 14.2. The summed E-state index contributed by atoms with van der Waals surface area (Å²) in [5, 5.41) is 13.8. The summed E-state index contributed by atoms with van der Waals surface area (Å²) in [5.41, 5.74) is 3.90. The van der Waals surface area contributed by atoms with Crippen LogP contribution in [0, 0.1) is 0 Å². The third-order valence-electron chi connectivity index (χ3n) is 6.81. The first kappa shape index (κ1) is 26.4. The number of carbonyl (C=O) groups excluding carboxylic acids is 1. The minimum absolute atomic E-state index is 0.00810. The van der Waals surface area contributed by atoms with E-state index in [-0.39, 0.29) is 18.1 Å². The Hall–Kier alpha value is -3.22. The van der Waals surface area contributed by atoms with E-state index in [2.05, 4.69) is 58.0 Å². The molecule has 1 aliphatic heterocycles. The second-order valence-electron chi connectivity index (χ2n) is 10.8. The number of hydrogen-bond acceptors (Lipinski definition) is 4. The SMILES string of the molecule is CC(C)(C)OC(=O)N1CCC(Nc2n[nH]c3ccc(C(c4ccc(Cl)cc4)c4ccc(Cl)cc4)cc23)CC1. The number of fused-ring (bicyclic) bond motifs is 1. The Balaban J connectivity index is 1.38. The molecule has 198 valence electrons. The van der Waals surface area contributed by atoms with E-state index in [4.69, 9.17) is 27.9 Å². The van der Waals surface area contributed by atoms with Crippen LogP contribution in [0.5, 0.6) is 0 Å². The molecule has 8 heteroatoms. The van der Waals surface area contributed by atoms with Gasteiger partial charge in [0.15, 0.2) is 5.82 Å². The zero-order valence-electron chi connectivity index (χ0n) is 21.8. The van der Waals surface area contributed by atoms with Crippen molar-refractivity contribution >= 4 is 46.0 Å². The van der Waals surface area contributed by atoms with Gasteiger partial charge in [-0.3, -0.25) is 5.10 Å². The Labute approximate surface area is 233 Å². The van der Waals surface area contributed by atoms with E-state index in [0.717, 1.165) is 46.3 Å². The lowest BCUT2D eigenvalue weighted by Gasteiger charge is -2.33. The molecule has 4 aromatic rings. The van der Waals surface area contributed by atoms with Gasteiger partial charge in [0.2, 0.25) is 0 Å². The Kier molecular flexibility index (Phi) is 7.55. The van der Waals surface area contributed by atoms with Crippen molar-refractivity contribution in [2.75, 3.05) is 18.4 Å². The number of anilines is 1. The highest BCUT2D eigenvalue weighted by Gasteiger charge is 2.27. The van der Waals surface area contributed by atoms with Crippen LogP contribution in [0.2, 0.25) is 10.0 Å². The highest BCUT2D eigenvalue weighted by molar-refractivity contribution is 6.30. The highest BCUT2D eigenvalue weighted by atomic mass is 35.5. The van der Waals surface area contributed by atoms with Crippen LogP contribution in [0.1, 0.15) is 56.2 Å². The number of H-pyrrole nitrogens is 1. The Morgan fingerprint density at radius 1 is 0.947 bits per heavy atom. The molecule has 0 atom stereocenters. The van der Waals surface area contributed by atoms with E-state index in [9.17, 15) is 4.79 Å². The second kappa shape index (κ2) is 10.9. The molecule has 0 unspecified atom stereocenters. The first-order valence-corrected chi connectivity index (χ1v) is 13.7. The third kappa shape index (κ3) is 6.08. The van der Waals surface area contributed by atoms with Gasteiger partial charge in [0.25, 0.3) is 0 Å². The molecule has 1 aliphatic rings. The summed E-state index contributed by atoms with van der Waals surface area (Å²) >= 11 is 12.4. The van der Waals surface area contributed by atoms with Crippen molar-refractivity contribution in [3.05, 3.63) is 93.5 Å². The number of ether oxygens (including phenoxy) is 1. The monoisotopic (exact) mass is 550 g/mol. The summed E-state index contributed by atoms with van der Waals surface area (Å²) in [5.74, 6) is 0.831. The standard InChI is InChI=1S/C30H32Cl2N4O2/c1-30(2,3)38-29(37)36-16-14-24(15-17-36)33-28-25-18-21(8-13-26(25)34-35-28)27(19-4-9-22(31)10-5-19)20-6-11-23(32)12-7-20/h4-13,18,24,27H,14-17H2,1-3H3,(H2,33,34,35). The normalized spacial score (nSPS) is 14.7. The first-order valence-electron chi connectivity index (χ1n) is 12.9. The van der Waals surface area contributed by atoms with Crippen molar-refractivity contribution in [2.24, 2.45) is 0 Å². The van der Waals surface area contributed by atoms with E-state index in [1.54, 1.807) is 4.90 Å². The molecule has 0 radical (unpaired) electrons. The van der Waals surface area contributed by atoms with E-state index in [0.29, 0.717) is 23.1 Å². The van der Waals surface area contributed by atoms with Crippen LogP contribution < -0.4 is 5.32 Å². The van der Waals surface area contributed by atoms with Gasteiger partial charge in [-0.1, -0.05) is 53.5 Å². The van der Waals surface area contributed by atoms with Gasteiger partial charge < -0.3 is 15.0 Å². The number of likely N-dealkylation sites (tertiary alicyclic amines) is 1. The smallest absolute Gasteiger partial charge is 0.410 e. The fraction of sp³-hybridized carbons (Fsp3) is 0.333. The number of halogens is 2. The molecule has 5 rings (SSSR count). The number of carbonyl (C=O) groups is 1. The van der Waals surface area contributed by atoms with Crippen molar-refractivity contribution in [1.29, 1.82) is 0 Å². The summed E-state index contributed by atoms with van der Waals surface area (Å²) in [6, 6.07) is 22.6. The van der Waals surface area contributed by atoms with Crippen molar-refractivity contribution < 1.29 is 9.53 Å². The fourth-order valence-electron chi connectivity index (χ4n) is 4.94. The van der Waals surface area contributed by atoms with Crippen LogP contribution in [0.25, 0.3) is 10.9 Å². The number of aromatic nitrogens is 2. The van der Waals surface area contributed by atoms with Gasteiger partial charge in [0.05, 0.1) is 5.52 Å². The molecule has 1 fully saturated rings. The molecule has 2 heterocycles. The molecular weight excluding hydrogens is 519 g/mol. The molecule has 1 amide bonds. The molecule has 1 saturated heterocycles. The minimum atomic E-state index is -0.492. The van der Waals surface area contributed by atoms with E-state index in [1.807, 2.05) is 45.0 Å². The largest absolute Gasteiger partial charge is 0.444 e. The summed E-state index contributed by atoms with van der Waals surface area (Å²) < 4.78 is 5.53. The summed E-state index contributed by atoms with van der Waals surface area (Å²) in [6.45, 7) is 6.96. The predicted molar refractivity (Wildman–Crippen MR) is 154 cm³/mol. The van der Waals surface area contributed by atoms with Crippen molar-refractivity contribution in [3.63, 3.8) is 0 Å². The molecule has 2 N–H and O–H groups in total. The highest BCUT2D eigenvalue weighted by Crippen LogP contribution is 2.36. The molecule has 0 saturated carbocycles. The van der Waals surface area contributed by atoms with Gasteiger partial charge in [0, 0.05) is 40.5 Å².